The standard InChI is InChI=1S/C108H150N4/c1-55(2)73-37-82(61(13)14)100(83(38-73)62(15)16)79-49-94(103-88(67(25)26)43-76(58(7)8)44-89(103)68(27)28)106(97(109)52-79)112(107-95(104-90(69(29)30)45-77(59(9)10)46-91(104)70(31)32)50-80(53-98(107)110)101-84(63(17)18)39-74(56(3)4)40-85(101)64(19)20)108-96(105-92(71(33)34)47-78(60(11)12)48-93(105)72(35)36)51-81(54-99(108)111)102-86(65(21)22)41-75(57(5)6)42-87(102)66(23)24/h37-72H,109-111H2,1-36H3. The van der Waals surface area contributed by atoms with Crippen molar-refractivity contribution in [1.82, 2.24) is 0 Å². The molecule has 4 heteroatoms. The Labute approximate surface area is 683 Å². The van der Waals surface area contributed by atoms with E-state index in [9.17, 15) is 0 Å². The molecule has 0 saturated carbocycles. The Morgan fingerprint density at radius 2 is 0.286 bits per heavy atom. The summed E-state index contributed by atoms with van der Waals surface area (Å²) in [4.78, 5) is 2.61. The van der Waals surface area contributed by atoms with E-state index in [1.54, 1.807) is 0 Å². The summed E-state index contributed by atoms with van der Waals surface area (Å²) in [6, 6.07) is 45.2. The summed E-state index contributed by atoms with van der Waals surface area (Å²) < 4.78 is 0. The lowest BCUT2D eigenvalue weighted by Crippen LogP contribution is -2.21. The molecule has 0 aromatic heterocycles. The van der Waals surface area contributed by atoms with Gasteiger partial charge in [-0.05, 0) is 293 Å². The van der Waals surface area contributed by atoms with Crippen LogP contribution < -0.4 is 22.1 Å². The zero-order valence-corrected chi connectivity index (χ0v) is 77.0. The van der Waals surface area contributed by atoms with E-state index in [1.807, 2.05) is 0 Å². The minimum absolute atomic E-state index is 0.114. The normalized spacial score (nSPS) is 12.6. The Hall–Kier alpha value is -7.82. The topological polar surface area (TPSA) is 81.3 Å². The lowest BCUT2D eigenvalue weighted by molar-refractivity contribution is 0.806. The third-order valence-electron chi connectivity index (χ3n) is 24.6. The predicted octanol–water partition coefficient (Wildman–Crippen LogP) is 34.1. The minimum atomic E-state index is 0.114. The molecule has 0 atom stereocenters. The second-order valence-electron chi connectivity index (χ2n) is 39.5. The first kappa shape index (κ1) is 88.1. The molecule has 9 aromatic carbocycles. The van der Waals surface area contributed by atoms with Gasteiger partial charge in [0.1, 0.15) is 0 Å². The third-order valence-corrected chi connectivity index (χ3v) is 24.6. The molecule has 0 aliphatic heterocycles. The van der Waals surface area contributed by atoms with Crippen LogP contribution in [0.1, 0.15) is 456 Å². The molecule has 6 N–H and O–H groups in total. The summed E-state index contributed by atoms with van der Waals surface area (Å²) in [5.74, 6) is 3.78. The molecule has 0 amide bonds. The molecule has 112 heavy (non-hydrogen) atoms. The first-order valence-electron chi connectivity index (χ1n) is 43.9. The number of nitrogens with two attached hydrogens (primary N) is 3. The first-order valence-corrected chi connectivity index (χ1v) is 43.9. The fourth-order valence-corrected chi connectivity index (χ4v) is 17.7. The van der Waals surface area contributed by atoms with Crippen molar-refractivity contribution in [3.63, 3.8) is 0 Å². The average molecular weight is 1500 g/mol. The van der Waals surface area contributed by atoms with Crippen LogP contribution >= 0.6 is 0 Å². The van der Waals surface area contributed by atoms with Gasteiger partial charge in [0.15, 0.2) is 0 Å². The van der Waals surface area contributed by atoms with Gasteiger partial charge in [0.2, 0.25) is 0 Å². The molecule has 0 unspecified atom stereocenters. The third kappa shape index (κ3) is 17.5. The van der Waals surface area contributed by atoms with Crippen LogP contribution in [0.4, 0.5) is 34.1 Å². The molecule has 4 nitrogen and oxygen atoms in total. The highest BCUT2D eigenvalue weighted by Gasteiger charge is 2.38. The van der Waals surface area contributed by atoms with Crippen molar-refractivity contribution in [2.45, 2.75) is 356 Å². The molecule has 0 saturated heterocycles. The fraction of sp³-hybridized carbons (Fsp3) is 0.500. The van der Waals surface area contributed by atoms with Crippen LogP contribution in [0.25, 0.3) is 66.8 Å². The lowest BCUT2D eigenvalue weighted by Gasteiger charge is -2.38. The quantitative estimate of drug-likeness (QED) is 0.0448. The zero-order chi connectivity index (χ0) is 83.5. The second-order valence-corrected chi connectivity index (χ2v) is 39.5. The Kier molecular flexibility index (Phi) is 27.6. The number of hydrogen-bond donors (Lipinski definition) is 3. The monoisotopic (exact) mass is 1500 g/mol. The van der Waals surface area contributed by atoms with Gasteiger partial charge in [-0.1, -0.05) is 322 Å². The molecule has 0 aliphatic rings. The fourth-order valence-electron chi connectivity index (χ4n) is 17.7. The smallest absolute Gasteiger partial charge is 0.0772 e. The zero-order valence-electron chi connectivity index (χ0n) is 77.0. The molecule has 0 bridgehead atoms. The van der Waals surface area contributed by atoms with E-state index in [4.69, 9.17) is 17.2 Å². The van der Waals surface area contributed by atoms with Gasteiger partial charge in [-0.25, -0.2) is 0 Å². The van der Waals surface area contributed by atoms with E-state index in [2.05, 4.69) is 363 Å². The van der Waals surface area contributed by atoms with Crippen LogP contribution in [-0.2, 0) is 0 Å². The van der Waals surface area contributed by atoms with Crippen molar-refractivity contribution >= 4 is 34.1 Å². The number of rotatable bonds is 27. The Morgan fingerprint density at radius 1 is 0.161 bits per heavy atom. The van der Waals surface area contributed by atoms with Gasteiger partial charge in [0.25, 0.3) is 0 Å². The van der Waals surface area contributed by atoms with E-state index < -0.39 is 0 Å². The molecule has 0 spiro atoms. The molecule has 0 aliphatic carbocycles. The maximum atomic E-state index is 8.84. The summed E-state index contributed by atoms with van der Waals surface area (Å²) in [6.07, 6.45) is 0. The van der Waals surface area contributed by atoms with Crippen molar-refractivity contribution in [1.29, 1.82) is 0 Å². The number of nitrogens with zero attached hydrogens (tertiary/aromatic N) is 1. The van der Waals surface area contributed by atoms with Crippen LogP contribution in [0.3, 0.4) is 0 Å². The summed E-state index contributed by atoms with van der Waals surface area (Å²) in [7, 11) is 0. The van der Waals surface area contributed by atoms with Crippen LogP contribution in [0, 0.1) is 0 Å². The maximum Gasteiger partial charge on any atom is 0.0772 e. The van der Waals surface area contributed by atoms with Gasteiger partial charge < -0.3 is 22.1 Å². The van der Waals surface area contributed by atoms with Crippen molar-refractivity contribution in [3.8, 4) is 66.8 Å². The van der Waals surface area contributed by atoms with Gasteiger partial charge in [-0.3, -0.25) is 0 Å². The molecule has 9 rings (SSSR count). The van der Waals surface area contributed by atoms with Crippen molar-refractivity contribution in [2.75, 3.05) is 22.1 Å². The van der Waals surface area contributed by atoms with E-state index in [0.717, 1.165) is 50.4 Å². The number of benzene rings is 9. The summed E-state index contributed by atoms with van der Waals surface area (Å²) in [6.45, 7) is 85.5. The lowest BCUT2D eigenvalue weighted by atomic mass is 9.77. The van der Waals surface area contributed by atoms with Crippen molar-refractivity contribution in [2.24, 2.45) is 0 Å². The highest BCUT2D eigenvalue weighted by atomic mass is 15.2. The molecular formula is C108H150N4. The molecule has 0 radical (unpaired) electrons. The molecule has 0 heterocycles. The number of hydrogen-bond acceptors (Lipinski definition) is 4. The van der Waals surface area contributed by atoms with Crippen LogP contribution in [-0.4, -0.2) is 0 Å². The SMILES string of the molecule is CC(C)c1cc(C(C)C)c(-c2cc(N)c(N(c3c(N)cc(-c4c(C(C)C)cc(C(C)C)cc4C(C)C)cc3-c3c(C(C)C)cc(C(C)C)cc3C(C)C)c3c(N)cc(-c4c(C(C)C)cc(C(C)C)cc4C(C)C)cc3-c3c(C(C)C)cc(C(C)C)cc3C(C)C)c(-c3c(C(C)C)cc(C(C)C)cc3C(C)C)c2)c(C(C)C)c1. The van der Waals surface area contributed by atoms with Crippen LogP contribution in [0.2, 0.25) is 0 Å². The summed E-state index contributed by atoms with van der Waals surface area (Å²) in [5.41, 5.74) is 68.9. The predicted molar refractivity (Wildman–Crippen MR) is 501 cm³/mol. The van der Waals surface area contributed by atoms with E-state index in [0.29, 0.717) is 34.8 Å². The van der Waals surface area contributed by atoms with Gasteiger partial charge in [0, 0.05) is 16.7 Å². The Bertz CT molecular complexity index is 4220. The van der Waals surface area contributed by atoms with Crippen LogP contribution in [0.5, 0.6) is 0 Å². The van der Waals surface area contributed by atoms with Gasteiger partial charge in [-0.2, -0.15) is 0 Å². The average Bonchev–Trinajstić information content (AvgIpc) is 0.708. The summed E-state index contributed by atoms with van der Waals surface area (Å²) >= 11 is 0. The number of anilines is 6. The highest BCUT2D eigenvalue weighted by Crippen LogP contribution is 2.61. The first-order chi connectivity index (χ1) is 52.2. The van der Waals surface area contributed by atoms with Crippen molar-refractivity contribution in [3.05, 3.63) is 209 Å². The van der Waals surface area contributed by atoms with E-state index in [-0.39, 0.29) is 88.8 Å². The van der Waals surface area contributed by atoms with Crippen LogP contribution in [0.15, 0.2) is 109 Å². The van der Waals surface area contributed by atoms with Gasteiger partial charge in [-0.15, -0.1) is 0 Å². The Morgan fingerprint density at radius 3 is 0.402 bits per heavy atom. The minimum Gasteiger partial charge on any atom is -0.397 e. The Balaban J connectivity index is 1.78. The van der Waals surface area contributed by atoms with Crippen molar-refractivity contribution < 1.29 is 0 Å². The number of nitrogen functional groups attached to an aromatic ring is 3. The largest absolute Gasteiger partial charge is 0.397 e. The van der Waals surface area contributed by atoms with Gasteiger partial charge in [0.05, 0.1) is 34.1 Å². The second kappa shape index (κ2) is 35.1. The van der Waals surface area contributed by atoms with E-state index in [1.165, 1.54) is 134 Å². The molecular weight excluding hydrogens is 1350 g/mol. The molecule has 9 aromatic rings. The van der Waals surface area contributed by atoms with E-state index >= 15 is 0 Å². The summed E-state index contributed by atoms with van der Waals surface area (Å²) in [5, 5.41) is 0. The molecule has 0 fully saturated rings. The van der Waals surface area contributed by atoms with Gasteiger partial charge >= 0.3 is 0 Å². The maximum absolute atomic E-state index is 8.84. The highest BCUT2D eigenvalue weighted by molar-refractivity contribution is 6.11. The molecule has 602 valence electrons.